The van der Waals surface area contributed by atoms with Gasteiger partial charge < -0.3 is 15.2 Å². The molecule has 1 aliphatic heterocycles. The van der Waals surface area contributed by atoms with Crippen molar-refractivity contribution in [1.82, 2.24) is 19.9 Å². The molecule has 0 aliphatic carbocycles. The van der Waals surface area contributed by atoms with Crippen molar-refractivity contribution in [1.29, 1.82) is 0 Å². The number of nitrogen functional groups attached to an aromatic ring is 1. The standard InChI is InChI=1S/C10H14N6O/c11-8-3-6-16(13-8)7-9-12-10(14-17-9)15-4-1-2-5-15/h3,6H,1-2,4-5,7H2,(H2,11,13). The molecule has 1 saturated heterocycles. The SMILES string of the molecule is Nc1ccn(Cc2nc(N3CCCC3)no2)n1. The van der Waals surface area contributed by atoms with Crippen LogP contribution < -0.4 is 10.6 Å². The van der Waals surface area contributed by atoms with E-state index in [9.17, 15) is 0 Å². The van der Waals surface area contributed by atoms with E-state index in [2.05, 4.69) is 20.1 Å². The van der Waals surface area contributed by atoms with Crippen LogP contribution >= 0.6 is 0 Å². The largest absolute Gasteiger partial charge is 0.382 e. The fourth-order valence-corrected chi connectivity index (χ4v) is 1.96. The zero-order chi connectivity index (χ0) is 11.7. The number of hydrogen-bond donors (Lipinski definition) is 1. The van der Waals surface area contributed by atoms with Crippen LogP contribution in [0.5, 0.6) is 0 Å². The number of rotatable bonds is 3. The number of hydrogen-bond acceptors (Lipinski definition) is 6. The normalized spacial score (nSPS) is 15.6. The van der Waals surface area contributed by atoms with Gasteiger partial charge in [0.15, 0.2) is 0 Å². The van der Waals surface area contributed by atoms with E-state index in [1.54, 1.807) is 16.9 Å². The Hall–Kier alpha value is -2.05. The third kappa shape index (κ3) is 2.08. The van der Waals surface area contributed by atoms with Crippen LogP contribution in [0.4, 0.5) is 11.8 Å². The molecule has 2 aromatic rings. The van der Waals surface area contributed by atoms with Crippen LogP contribution in [0.2, 0.25) is 0 Å². The summed E-state index contributed by atoms with van der Waals surface area (Å²) in [6.07, 6.45) is 4.17. The van der Waals surface area contributed by atoms with Gasteiger partial charge in [-0.15, -0.1) is 0 Å². The Kier molecular flexibility index (Phi) is 2.43. The predicted octanol–water partition coefficient (Wildman–Crippen LogP) is 0.497. The summed E-state index contributed by atoms with van der Waals surface area (Å²) in [6.45, 7) is 2.47. The highest BCUT2D eigenvalue weighted by Gasteiger charge is 2.18. The van der Waals surface area contributed by atoms with Crippen molar-refractivity contribution < 1.29 is 4.52 Å². The van der Waals surface area contributed by atoms with Gasteiger partial charge in [0.25, 0.3) is 5.95 Å². The lowest BCUT2D eigenvalue weighted by Crippen LogP contribution is -2.19. The maximum Gasteiger partial charge on any atom is 0.266 e. The highest BCUT2D eigenvalue weighted by atomic mass is 16.5. The molecular weight excluding hydrogens is 220 g/mol. The van der Waals surface area contributed by atoms with Gasteiger partial charge in [0.2, 0.25) is 5.89 Å². The van der Waals surface area contributed by atoms with Crippen molar-refractivity contribution >= 4 is 11.8 Å². The fourth-order valence-electron chi connectivity index (χ4n) is 1.96. The van der Waals surface area contributed by atoms with Crippen molar-refractivity contribution in [3.8, 4) is 0 Å². The summed E-state index contributed by atoms with van der Waals surface area (Å²) in [6, 6.07) is 1.73. The molecule has 0 amide bonds. The summed E-state index contributed by atoms with van der Waals surface area (Å²) in [4.78, 5) is 6.47. The zero-order valence-corrected chi connectivity index (χ0v) is 9.41. The quantitative estimate of drug-likeness (QED) is 0.832. The Morgan fingerprint density at radius 1 is 1.35 bits per heavy atom. The van der Waals surface area contributed by atoms with Gasteiger partial charge in [-0.1, -0.05) is 0 Å². The molecule has 17 heavy (non-hydrogen) atoms. The van der Waals surface area contributed by atoms with Gasteiger partial charge in [0, 0.05) is 19.3 Å². The molecule has 0 unspecified atom stereocenters. The molecule has 0 atom stereocenters. The monoisotopic (exact) mass is 234 g/mol. The van der Waals surface area contributed by atoms with Crippen LogP contribution in [0.15, 0.2) is 16.8 Å². The molecular formula is C10H14N6O. The highest BCUT2D eigenvalue weighted by Crippen LogP contribution is 2.16. The van der Waals surface area contributed by atoms with Crippen molar-refractivity contribution in [2.45, 2.75) is 19.4 Å². The molecule has 1 aliphatic rings. The van der Waals surface area contributed by atoms with E-state index >= 15 is 0 Å². The van der Waals surface area contributed by atoms with Crippen LogP contribution in [-0.4, -0.2) is 33.0 Å². The third-order valence-electron chi connectivity index (χ3n) is 2.80. The molecule has 0 bridgehead atoms. The number of nitrogens with zero attached hydrogens (tertiary/aromatic N) is 5. The van der Waals surface area contributed by atoms with Crippen molar-refractivity contribution in [3.05, 3.63) is 18.2 Å². The van der Waals surface area contributed by atoms with Gasteiger partial charge in [-0.2, -0.15) is 10.1 Å². The van der Waals surface area contributed by atoms with Gasteiger partial charge in [0.05, 0.1) is 0 Å². The van der Waals surface area contributed by atoms with Crippen LogP contribution in [-0.2, 0) is 6.54 Å². The third-order valence-corrected chi connectivity index (χ3v) is 2.80. The summed E-state index contributed by atoms with van der Waals surface area (Å²) < 4.78 is 6.86. The molecule has 0 spiro atoms. The first kappa shape index (κ1) is 10.1. The Morgan fingerprint density at radius 2 is 2.18 bits per heavy atom. The predicted molar refractivity (Wildman–Crippen MR) is 61.5 cm³/mol. The average molecular weight is 234 g/mol. The Labute approximate surface area is 98.2 Å². The molecule has 7 heteroatoms. The Balaban J connectivity index is 1.71. The lowest BCUT2D eigenvalue weighted by atomic mass is 10.4. The highest BCUT2D eigenvalue weighted by molar-refractivity contribution is 5.29. The van der Waals surface area contributed by atoms with Gasteiger partial charge in [-0.3, -0.25) is 4.68 Å². The number of anilines is 2. The first-order chi connectivity index (χ1) is 8.31. The zero-order valence-electron chi connectivity index (χ0n) is 9.41. The van der Waals surface area contributed by atoms with Crippen LogP contribution in [0, 0.1) is 0 Å². The first-order valence-corrected chi connectivity index (χ1v) is 5.68. The van der Waals surface area contributed by atoms with E-state index in [0.29, 0.717) is 24.2 Å². The van der Waals surface area contributed by atoms with Crippen molar-refractivity contribution in [2.75, 3.05) is 23.7 Å². The van der Waals surface area contributed by atoms with Crippen molar-refractivity contribution in [3.63, 3.8) is 0 Å². The molecule has 0 aromatic carbocycles. The molecule has 2 aromatic heterocycles. The summed E-state index contributed by atoms with van der Waals surface area (Å²) >= 11 is 0. The molecule has 1 fully saturated rings. The second-order valence-electron chi connectivity index (χ2n) is 4.12. The summed E-state index contributed by atoms with van der Waals surface area (Å²) in [5.74, 6) is 1.72. The molecule has 0 saturated carbocycles. The van der Waals surface area contributed by atoms with E-state index in [1.165, 1.54) is 12.8 Å². The van der Waals surface area contributed by atoms with Gasteiger partial charge in [0.1, 0.15) is 12.4 Å². The second-order valence-corrected chi connectivity index (χ2v) is 4.12. The van der Waals surface area contributed by atoms with Crippen LogP contribution in [0.25, 0.3) is 0 Å². The lowest BCUT2D eigenvalue weighted by molar-refractivity contribution is 0.365. The molecule has 2 N–H and O–H groups in total. The average Bonchev–Trinajstić information content (AvgIpc) is 3.00. The van der Waals surface area contributed by atoms with Crippen molar-refractivity contribution in [2.24, 2.45) is 0 Å². The topological polar surface area (TPSA) is 86.0 Å². The summed E-state index contributed by atoms with van der Waals surface area (Å²) in [5.41, 5.74) is 5.53. The fraction of sp³-hybridized carbons (Fsp3) is 0.500. The smallest absolute Gasteiger partial charge is 0.266 e. The molecule has 3 heterocycles. The second kappa shape index (κ2) is 4.08. The van der Waals surface area contributed by atoms with Gasteiger partial charge in [-0.05, 0) is 24.1 Å². The lowest BCUT2D eigenvalue weighted by Gasteiger charge is -2.09. The number of aromatic nitrogens is 4. The minimum atomic E-state index is 0.456. The molecule has 0 radical (unpaired) electrons. The van der Waals surface area contributed by atoms with Crippen LogP contribution in [0.1, 0.15) is 18.7 Å². The molecule has 90 valence electrons. The number of nitrogens with two attached hydrogens (primary N) is 1. The Morgan fingerprint density at radius 3 is 2.88 bits per heavy atom. The minimum absolute atomic E-state index is 0.456. The molecule has 7 nitrogen and oxygen atoms in total. The maximum atomic E-state index is 5.53. The van der Waals surface area contributed by atoms with E-state index in [-0.39, 0.29) is 0 Å². The summed E-state index contributed by atoms with van der Waals surface area (Å²) in [7, 11) is 0. The van der Waals surface area contributed by atoms with E-state index < -0.39 is 0 Å². The maximum absolute atomic E-state index is 5.53. The molecule has 3 rings (SSSR count). The Bertz CT molecular complexity index is 498. The first-order valence-electron chi connectivity index (χ1n) is 5.68. The minimum Gasteiger partial charge on any atom is -0.382 e. The van der Waals surface area contributed by atoms with Gasteiger partial charge >= 0.3 is 0 Å². The van der Waals surface area contributed by atoms with E-state index in [0.717, 1.165) is 13.1 Å². The summed E-state index contributed by atoms with van der Waals surface area (Å²) in [5, 5.41) is 8.03. The van der Waals surface area contributed by atoms with Crippen LogP contribution in [0.3, 0.4) is 0 Å². The van der Waals surface area contributed by atoms with E-state index in [4.69, 9.17) is 10.3 Å². The van der Waals surface area contributed by atoms with Gasteiger partial charge in [-0.25, -0.2) is 0 Å². The van der Waals surface area contributed by atoms with E-state index in [1.807, 2.05) is 0 Å².